The second kappa shape index (κ2) is 8.45. The van der Waals surface area contributed by atoms with Gasteiger partial charge in [0.05, 0.1) is 16.7 Å². The van der Waals surface area contributed by atoms with Gasteiger partial charge >= 0.3 is 0 Å². The molecule has 1 aromatic carbocycles. The Bertz CT molecular complexity index is 515. The van der Waals surface area contributed by atoms with Crippen LogP contribution in [0.2, 0.25) is 0 Å². The molecule has 0 aromatic heterocycles. The molecule has 1 aliphatic rings. The zero-order valence-electron chi connectivity index (χ0n) is 12.4. The van der Waals surface area contributed by atoms with Crippen LogP contribution in [0, 0.1) is 10.1 Å². The molecular formula is C15H21N3O4. The predicted octanol–water partition coefficient (Wildman–Crippen LogP) is 1.79. The molecule has 1 heterocycles. The van der Waals surface area contributed by atoms with E-state index in [1.54, 1.807) is 18.2 Å². The summed E-state index contributed by atoms with van der Waals surface area (Å²) in [5.41, 5.74) is 0.349. The van der Waals surface area contributed by atoms with E-state index < -0.39 is 11.0 Å². The first-order chi connectivity index (χ1) is 10.7. The van der Waals surface area contributed by atoms with Crippen molar-refractivity contribution in [2.45, 2.75) is 25.4 Å². The van der Waals surface area contributed by atoms with E-state index >= 15 is 0 Å². The minimum atomic E-state index is -0.610. The summed E-state index contributed by atoms with van der Waals surface area (Å²) in [5, 5.41) is 24.4. The van der Waals surface area contributed by atoms with Crippen LogP contribution in [0.25, 0.3) is 0 Å². The number of aliphatic hydroxyl groups excluding tert-OH is 1. The Kier molecular flexibility index (Phi) is 6.29. The highest BCUT2D eigenvalue weighted by Crippen LogP contribution is 2.15. The zero-order chi connectivity index (χ0) is 15.8. The molecule has 1 N–H and O–H groups in total. The van der Waals surface area contributed by atoms with E-state index in [0.717, 1.165) is 13.1 Å². The number of hydrogen-bond acceptors (Lipinski definition) is 6. The van der Waals surface area contributed by atoms with Crippen LogP contribution in [0.4, 0.5) is 5.69 Å². The van der Waals surface area contributed by atoms with E-state index in [0.29, 0.717) is 12.1 Å². The number of aliphatic hydroxyl groups is 1. The largest absolute Gasteiger partial charge is 0.393 e. The average molecular weight is 307 g/mol. The predicted molar refractivity (Wildman–Crippen MR) is 82.9 cm³/mol. The van der Waals surface area contributed by atoms with Gasteiger partial charge in [-0.3, -0.25) is 10.1 Å². The fraction of sp³-hybridized carbons (Fsp3) is 0.533. The smallest absolute Gasteiger partial charge is 0.278 e. The number of β-amino-alcohol motifs (C(OH)–C–C–N with tert-alkyl or cyclic N) is 1. The Morgan fingerprint density at radius 3 is 2.82 bits per heavy atom. The maximum absolute atomic E-state index is 10.8. The molecule has 120 valence electrons. The fourth-order valence-electron chi connectivity index (χ4n) is 2.48. The van der Waals surface area contributed by atoms with Gasteiger partial charge in [0.1, 0.15) is 12.7 Å². The topological polar surface area (TPSA) is 88.2 Å². The monoisotopic (exact) mass is 307 g/mol. The lowest BCUT2D eigenvalue weighted by Gasteiger charge is -2.27. The molecule has 7 heteroatoms. The Labute approximate surface area is 129 Å². The summed E-state index contributed by atoms with van der Waals surface area (Å²) in [4.78, 5) is 17.6. The van der Waals surface area contributed by atoms with Gasteiger partial charge in [-0.05, 0) is 32.0 Å². The van der Waals surface area contributed by atoms with Crippen LogP contribution in [0.15, 0.2) is 29.4 Å². The molecule has 0 amide bonds. The van der Waals surface area contributed by atoms with E-state index in [9.17, 15) is 15.2 Å². The number of nitro benzene ring substituents is 1. The molecule has 22 heavy (non-hydrogen) atoms. The van der Waals surface area contributed by atoms with Crippen molar-refractivity contribution in [1.82, 2.24) is 4.90 Å². The van der Waals surface area contributed by atoms with Crippen LogP contribution >= 0.6 is 0 Å². The summed E-state index contributed by atoms with van der Waals surface area (Å²) in [5.74, 6) is 0. The number of benzene rings is 1. The third kappa shape index (κ3) is 5.09. The molecular weight excluding hydrogens is 286 g/mol. The molecule has 1 atom stereocenters. The van der Waals surface area contributed by atoms with Gasteiger partial charge in [0.2, 0.25) is 0 Å². The standard InChI is InChI=1S/C15H21N3O4/c19-14(11-17-8-4-1-5-9-17)12-22-16-10-13-6-2-3-7-15(13)18(20)21/h2-3,6-7,10,14,19H,1,4-5,8-9,11-12H2. The van der Waals surface area contributed by atoms with Gasteiger partial charge in [-0.25, -0.2) is 0 Å². The van der Waals surface area contributed by atoms with Gasteiger partial charge in [-0.1, -0.05) is 23.7 Å². The van der Waals surface area contributed by atoms with Gasteiger partial charge in [-0.15, -0.1) is 0 Å². The van der Waals surface area contributed by atoms with Crippen LogP contribution in [0.3, 0.4) is 0 Å². The van der Waals surface area contributed by atoms with Crippen LogP contribution in [0.5, 0.6) is 0 Å². The number of nitro groups is 1. The molecule has 1 unspecified atom stereocenters. The first kappa shape index (κ1) is 16.4. The second-order valence-corrected chi connectivity index (χ2v) is 5.36. The lowest BCUT2D eigenvalue weighted by atomic mass is 10.1. The molecule has 0 saturated carbocycles. The van der Waals surface area contributed by atoms with Crippen LogP contribution in [0.1, 0.15) is 24.8 Å². The van der Waals surface area contributed by atoms with E-state index in [2.05, 4.69) is 10.1 Å². The molecule has 1 aliphatic heterocycles. The lowest BCUT2D eigenvalue weighted by Crippen LogP contribution is -2.37. The summed E-state index contributed by atoms with van der Waals surface area (Å²) in [6.45, 7) is 2.67. The average Bonchev–Trinajstić information content (AvgIpc) is 2.53. The van der Waals surface area contributed by atoms with Crippen molar-refractivity contribution in [3.63, 3.8) is 0 Å². The first-order valence-corrected chi connectivity index (χ1v) is 7.46. The van der Waals surface area contributed by atoms with Crippen molar-refractivity contribution < 1.29 is 14.9 Å². The van der Waals surface area contributed by atoms with Gasteiger partial charge in [0.25, 0.3) is 5.69 Å². The van der Waals surface area contributed by atoms with Crippen molar-refractivity contribution in [3.8, 4) is 0 Å². The van der Waals surface area contributed by atoms with Crippen LogP contribution in [-0.4, -0.2) is 53.5 Å². The molecule has 1 saturated heterocycles. The molecule has 1 aromatic rings. The van der Waals surface area contributed by atoms with Gasteiger partial charge < -0.3 is 14.8 Å². The van der Waals surface area contributed by atoms with Crippen LogP contribution < -0.4 is 0 Å². The number of para-hydroxylation sites is 1. The summed E-state index contributed by atoms with van der Waals surface area (Å²) in [6, 6.07) is 6.29. The highest BCUT2D eigenvalue weighted by Gasteiger charge is 2.15. The van der Waals surface area contributed by atoms with E-state index in [1.165, 1.54) is 31.5 Å². The normalized spacial score (nSPS) is 17.5. The van der Waals surface area contributed by atoms with Crippen molar-refractivity contribution >= 4 is 11.9 Å². The fourth-order valence-corrected chi connectivity index (χ4v) is 2.48. The van der Waals surface area contributed by atoms with Gasteiger partial charge in [0.15, 0.2) is 0 Å². The van der Waals surface area contributed by atoms with E-state index in [-0.39, 0.29) is 12.3 Å². The number of rotatable bonds is 7. The van der Waals surface area contributed by atoms with E-state index in [4.69, 9.17) is 4.84 Å². The highest BCUT2D eigenvalue weighted by molar-refractivity contribution is 5.84. The quantitative estimate of drug-likeness (QED) is 0.471. The summed E-state index contributed by atoms with van der Waals surface area (Å²) < 4.78 is 0. The third-order valence-electron chi connectivity index (χ3n) is 3.58. The van der Waals surface area contributed by atoms with Crippen molar-refractivity contribution in [1.29, 1.82) is 0 Å². The highest BCUT2D eigenvalue weighted by atomic mass is 16.6. The van der Waals surface area contributed by atoms with Crippen molar-refractivity contribution in [2.24, 2.45) is 5.16 Å². The molecule has 0 radical (unpaired) electrons. The Hall–Kier alpha value is -1.99. The molecule has 0 spiro atoms. The molecule has 0 aliphatic carbocycles. The minimum Gasteiger partial charge on any atom is -0.393 e. The number of likely N-dealkylation sites (tertiary alicyclic amines) is 1. The van der Waals surface area contributed by atoms with Crippen LogP contribution in [-0.2, 0) is 4.84 Å². The molecule has 7 nitrogen and oxygen atoms in total. The van der Waals surface area contributed by atoms with Gasteiger partial charge in [-0.2, -0.15) is 0 Å². The number of piperidine rings is 1. The molecule has 0 bridgehead atoms. The first-order valence-electron chi connectivity index (χ1n) is 7.46. The lowest BCUT2D eigenvalue weighted by molar-refractivity contribution is -0.385. The maximum atomic E-state index is 10.8. The number of hydrogen-bond donors (Lipinski definition) is 1. The van der Waals surface area contributed by atoms with Crippen molar-refractivity contribution in [2.75, 3.05) is 26.2 Å². The number of nitrogens with zero attached hydrogens (tertiary/aromatic N) is 3. The Balaban J connectivity index is 1.76. The summed E-state index contributed by atoms with van der Waals surface area (Å²) in [7, 11) is 0. The van der Waals surface area contributed by atoms with Crippen molar-refractivity contribution in [3.05, 3.63) is 39.9 Å². The minimum absolute atomic E-state index is 0.0243. The SMILES string of the molecule is O=[N+]([O-])c1ccccc1C=NOCC(O)CN1CCCCC1. The molecule has 1 fully saturated rings. The number of oxime groups is 1. The Morgan fingerprint density at radius 1 is 1.36 bits per heavy atom. The third-order valence-corrected chi connectivity index (χ3v) is 3.58. The summed E-state index contributed by atoms with van der Waals surface area (Å²) in [6.07, 6.45) is 4.28. The zero-order valence-corrected chi connectivity index (χ0v) is 12.4. The second-order valence-electron chi connectivity index (χ2n) is 5.36. The molecule has 2 rings (SSSR count). The Morgan fingerprint density at radius 2 is 2.09 bits per heavy atom. The van der Waals surface area contributed by atoms with Gasteiger partial charge in [0, 0.05) is 12.6 Å². The van der Waals surface area contributed by atoms with E-state index in [1.807, 2.05) is 0 Å². The summed E-state index contributed by atoms with van der Waals surface area (Å²) >= 11 is 0. The maximum Gasteiger partial charge on any atom is 0.278 e.